The number of unbranched alkanes of at least 4 members (excludes halogenated alkanes) is 2. The summed E-state index contributed by atoms with van der Waals surface area (Å²) in [4.78, 5) is 30.5. The van der Waals surface area contributed by atoms with E-state index in [1.165, 1.54) is 0 Å². The third-order valence-corrected chi connectivity index (χ3v) is 5.57. The Morgan fingerprint density at radius 3 is 1.43 bits per heavy atom. The Hall–Kier alpha value is -2.88. The van der Waals surface area contributed by atoms with E-state index in [1.54, 1.807) is 0 Å². The van der Waals surface area contributed by atoms with Crippen molar-refractivity contribution < 1.29 is 9.59 Å². The van der Waals surface area contributed by atoms with Crippen molar-refractivity contribution in [2.75, 3.05) is 22.9 Å². The number of fused-ring (bicyclic) bond motifs is 2. The van der Waals surface area contributed by atoms with Gasteiger partial charge in [-0.3, -0.25) is 9.59 Å². The molecule has 2 amide bonds. The van der Waals surface area contributed by atoms with Gasteiger partial charge in [0.25, 0.3) is 11.8 Å². The first-order chi connectivity index (χ1) is 13.7. The Bertz CT molecular complexity index is 883. The molecule has 4 rings (SSSR count). The normalized spacial score (nSPS) is 18.1. The summed E-state index contributed by atoms with van der Waals surface area (Å²) in [5.74, 6) is -0.102. The lowest BCUT2D eigenvalue weighted by Crippen LogP contribution is -2.30. The van der Waals surface area contributed by atoms with Crippen molar-refractivity contribution in [3.05, 3.63) is 59.7 Å². The second-order valence-corrected chi connectivity index (χ2v) is 7.40. The number of anilines is 2. The fourth-order valence-corrected chi connectivity index (χ4v) is 4.12. The third kappa shape index (κ3) is 2.84. The lowest BCUT2D eigenvalue weighted by atomic mass is 9.96. The molecular formula is C24H26N2O2. The number of para-hydroxylation sites is 2. The van der Waals surface area contributed by atoms with E-state index in [-0.39, 0.29) is 11.8 Å². The quantitative estimate of drug-likeness (QED) is 0.676. The first kappa shape index (κ1) is 18.5. The summed E-state index contributed by atoms with van der Waals surface area (Å²) in [6.07, 6.45) is 3.92. The zero-order valence-corrected chi connectivity index (χ0v) is 16.6. The minimum absolute atomic E-state index is 0.0508. The maximum atomic E-state index is 13.4. The van der Waals surface area contributed by atoms with Crippen LogP contribution in [0.3, 0.4) is 0 Å². The van der Waals surface area contributed by atoms with E-state index < -0.39 is 0 Å². The number of hydrogen-bond acceptors (Lipinski definition) is 2. The highest BCUT2D eigenvalue weighted by molar-refractivity contribution is 6.49. The van der Waals surface area contributed by atoms with Gasteiger partial charge in [-0.25, -0.2) is 0 Å². The van der Waals surface area contributed by atoms with Gasteiger partial charge in [-0.05, 0) is 25.0 Å². The largest absolute Gasteiger partial charge is 0.308 e. The van der Waals surface area contributed by atoms with Gasteiger partial charge in [-0.2, -0.15) is 0 Å². The minimum Gasteiger partial charge on any atom is -0.308 e. The molecule has 2 heterocycles. The van der Waals surface area contributed by atoms with Gasteiger partial charge in [-0.1, -0.05) is 63.1 Å². The second kappa shape index (κ2) is 7.63. The molecule has 0 saturated heterocycles. The zero-order valence-electron chi connectivity index (χ0n) is 16.6. The molecular weight excluding hydrogens is 348 g/mol. The Labute approximate surface area is 166 Å². The number of amides is 2. The fraction of sp³-hybridized carbons (Fsp3) is 0.333. The molecule has 0 atom stereocenters. The van der Waals surface area contributed by atoms with Crippen LogP contribution in [0, 0.1) is 0 Å². The van der Waals surface area contributed by atoms with Crippen molar-refractivity contribution in [3.8, 4) is 0 Å². The molecule has 0 radical (unpaired) electrons. The van der Waals surface area contributed by atoms with E-state index in [4.69, 9.17) is 0 Å². The van der Waals surface area contributed by atoms with Gasteiger partial charge in [0.15, 0.2) is 0 Å². The molecule has 4 heteroatoms. The predicted molar refractivity (Wildman–Crippen MR) is 114 cm³/mol. The third-order valence-electron chi connectivity index (χ3n) is 5.57. The Morgan fingerprint density at radius 1 is 0.643 bits per heavy atom. The van der Waals surface area contributed by atoms with Crippen molar-refractivity contribution in [2.45, 2.75) is 39.5 Å². The smallest absolute Gasteiger partial charge is 0.259 e. The molecule has 0 aliphatic carbocycles. The second-order valence-electron chi connectivity index (χ2n) is 7.40. The standard InChI is InChI=1S/C24H26N2O2/c1-3-5-15-25-19-13-9-7-11-17(19)21(23(25)27)22-18-12-8-10-14-20(18)26(24(22)28)16-6-4-2/h7-14H,3-6,15-16H2,1-2H3/b22-21+. The van der Waals surface area contributed by atoms with E-state index in [9.17, 15) is 9.59 Å². The Kier molecular flexibility index (Phi) is 5.03. The maximum Gasteiger partial charge on any atom is 0.259 e. The van der Waals surface area contributed by atoms with Crippen molar-refractivity contribution in [1.82, 2.24) is 0 Å². The number of carbonyl (C=O) groups excluding carboxylic acids is 2. The molecule has 2 aromatic rings. The van der Waals surface area contributed by atoms with Gasteiger partial charge < -0.3 is 9.80 Å². The molecule has 0 aromatic heterocycles. The van der Waals surface area contributed by atoms with Gasteiger partial charge in [0, 0.05) is 24.2 Å². The van der Waals surface area contributed by atoms with Crippen molar-refractivity contribution in [3.63, 3.8) is 0 Å². The van der Waals surface area contributed by atoms with Crippen LogP contribution < -0.4 is 9.80 Å². The van der Waals surface area contributed by atoms with Gasteiger partial charge in [0.2, 0.25) is 0 Å². The van der Waals surface area contributed by atoms with Gasteiger partial charge in [0.1, 0.15) is 0 Å². The highest BCUT2D eigenvalue weighted by Gasteiger charge is 2.41. The van der Waals surface area contributed by atoms with Gasteiger partial charge in [-0.15, -0.1) is 0 Å². The molecule has 144 valence electrons. The van der Waals surface area contributed by atoms with Crippen LogP contribution in [0.25, 0.3) is 11.1 Å². The molecule has 2 aromatic carbocycles. The maximum absolute atomic E-state index is 13.4. The number of rotatable bonds is 6. The molecule has 4 nitrogen and oxygen atoms in total. The molecule has 0 unspecified atom stereocenters. The van der Waals surface area contributed by atoms with Gasteiger partial charge >= 0.3 is 0 Å². The summed E-state index contributed by atoms with van der Waals surface area (Å²) in [6, 6.07) is 15.7. The van der Waals surface area contributed by atoms with E-state index >= 15 is 0 Å². The van der Waals surface area contributed by atoms with Crippen LogP contribution in [0.1, 0.15) is 50.7 Å². The summed E-state index contributed by atoms with van der Waals surface area (Å²) in [7, 11) is 0. The summed E-state index contributed by atoms with van der Waals surface area (Å²) < 4.78 is 0. The summed E-state index contributed by atoms with van der Waals surface area (Å²) in [5.41, 5.74) is 4.70. The zero-order chi connectivity index (χ0) is 19.7. The average Bonchev–Trinajstić information content (AvgIpc) is 3.15. The van der Waals surface area contributed by atoms with E-state index in [1.807, 2.05) is 58.3 Å². The molecule has 2 aliphatic heterocycles. The van der Waals surface area contributed by atoms with E-state index in [0.29, 0.717) is 24.2 Å². The highest BCUT2D eigenvalue weighted by atomic mass is 16.2. The van der Waals surface area contributed by atoms with Crippen molar-refractivity contribution in [2.24, 2.45) is 0 Å². The van der Waals surface area contributed by atoms with Crippen LogP contribution >= 0.6 is 0 Å². The number of nitrogens with zero attached hydrogens (tertiary/aromatic N) is 2. The van der Waals surface area contributed by atoms with Gasteiger partial charge in [0.05, 0.1) is 22.5 Å². The predicted octanol–water partition coefficient (Wildman–Crippen LogP) is 4.89. The summed E-state index contributed by atoms with van der Waals surface area (Å²) >= 11 is 0. The number of benzene rings is 2. The number of hydrogen-bond donors (Lipinski definition) is 0. The monoisotopic (exact) mass is 374 g/mol. The van der Waals surface area contributed by atoms with Crippen LogP contribution in [0.15, 0.2) is 48.5 Å². The molecule has 0 saturated carbocycles. The fourth-order valence-electron chi connectivity index (χ4n) is 4.12. The Morgan fingerprint density at radius 2 is 1.04 bits per heavy atom. The molecule has 0 N–H and O–H groups in total. The Balaban J connectivity index is 1.88. The van der Waals surface area contributed by atoms with E-state index in [0.717, 1.165) is 48.2 Å². The lowest BCUT2D eigenvalue weighted by Gasteiger charge is -2.17. The first-order valence-corrected chi connectivity index (χ1v) is 10.3. The summed E-state index contributed by atoms with van der Waals surface area (Å²) in [5, 5.41) is 0. The molecule has 0 bridgehead atoms. The number of carbonyl (C=O) groups is 2. The average molecular weight is 374 g/mol. The SMILES string of the molecule is CCCCN1C(=O)/C(=C2/C(=O)N(CCCC)c3ccccc32)c2ccccc21. The molecule has 28 heavy (non-hydrogen) atoms. The lowest BCUT2D eigenvalue weighted by molar-refractivity contribution is -0.114. The van der Waals surface area contributed by atoms with Crippen LogP contribution in [0.4, 0.5) is 11.4 Å². The van der Waals surface area contributed by atoms with Crippen LogP contribution in [-0.2, 0) is 9.59 Å². The summed E-state index contributed by atoms with van der Waals surface area (Å²) in [6.45, 7) is 5.60. The first-order valence-electron chi connectivity index (χ1n) is 10.3. The molecule has 2 aliphatic rings. The van der Waals surface area contributed by atoms with Crippen LogP contribution in [0.2, 0.25) is 0 Å². The highest BCUT2D eigenvalue weighted by Crippen LogP contribution is 2.46. The van der Waals surface area contributed by atoms with E-state index in [2.05, 4.69) is 13.8 Å². The topological polar surface area (TPSA) is 40.6 Å². The minimum atomic E-state index is -0.0508. The van der Waals surface area contributed by atoms with Crippen LogP contribution in [0.5, 0.6) is 0 Å². The van der Waals surface area contributed by atoms with Crippen molar-refractivity contribution in [1.29, 1.82) is 0 Å². The molecule has 0 fully saturated rings. The van der Waals surface area contributed by atoms with Crippen molar-refractivity contribution >= 4 is 34.3 Å². The van der Waals surface area contributed by atoms with Crippen LogP contribution in [-0.4, -0.2) is 24.9 Å². The molecule has 0 spiro atoms.